The van der Waals surface area contributed by atoms with Gasteiger partial charge in [0.1, 0.15) is 0 Å². The molecule has 0 aromatic heterocycles. The second-order valence-electron chi connectivity index (χ2n) is 4.42. The first kappa shape index (κ1) is 11.6. The number of rotatable bonds is 4. The quantitative estimate of drug-likeness (QED) is 0.716. The maximum Gasteiger partial charge on any atom is 0.0693 e. The monoisotopic (exact) mass is 221 g/mol. The van der Waals surface area contributed by atoms with Crippen LogP contribution < -0.4 is 5.32 Å². The first-order valence-electron chi connectivity index (χ1n) is 5.91. The summed E-state index contributed by atoms with van der Waals surface area (Å²) < 4.78 is 0. The summed E-state index contributed by atoms with van der Waals surface area (Å²) >= 11 is 0. The molecule has 1 saturated carbocycles. The third kappa shape index (κ3) is 2.61. The fourth-order valence-corrected chi connectivity index (χ4v) is 2.33. The predicted octanol–water partition coefficient (Wildman–Crippen LogP) is 1.22. The van der Waals surface area contributed by atoms with Gasteiger partial charge in [-0.15, -0.1) is 0 Å². The molecule has 0 bridgehead atoms. The fourth-order valence-electron chi connectivity index (χ4n) is 2.33. The van der Waals surface area contributed by atoms with Gasteiger partial charge in [0.2, 0.25) is 0 Å². The van der Waals surface area contributed by atoms with Gasteiger partial charge in [0, 0.05) is 6.04 Å². The normalized spacial score (nSPS) is 26.9. The molecule has 0 aliphatic heterocycles. The zero-order chi connectivity index (χ0) is 11.4. The Bertz CT molecular complexity index is 315. The van der Waals surface area contributed by atoms with E-state index in [1.165, 1.54) is 0 Å². The van der Waals surface area contributed by atoms with E-state index in [-0.39, 0.29) is 24.8 Å². The summed E-state index contributed by atoms with van der Waals surface area (Å²) in [4.78, 5) is 0. The minimum atomic E-state index is -0.266. The second-order valence-corrected chi connectivity index (χ2v) is 4.42. The molecule has 3 heteroatoms. The van der Waals surface area contributed by atoms with Crippen molar-refractivity contribution >= 4 is 0 Å². The maximum atomic E-state index is 9.74. The minimum absolute atomic E-state index is 0.0627. The van der Waals surface area contributed by atoms with Crippen molar-refractivity contribution in [1.82, 2.24) is 5.32 Å². The molecule has 0 amide bonds. The molecule has 1 unspecified atom stereocenters. The van der Waals surface area contributed by atoms with Gasteiger partial charge in [0.05, 0.1) is 18.8 Å². The molecule has 1 aromatic rings. The lowest BCUT2D eigenvalue weighted by molar-refractivity contribution is 0.132. The molecule has 88 valence electrons. The first-order valence-corrected chi connectivity index (χ1v) is 5.91. The highest BCUT2D eigenvalue weighted by Crippen LogP contribution is 2.22. The Balaban J connectivity index is 2.00. The van der Waals surface area contributed by atoms with Crippen LogP contribution >= 0.6 is 0 Å². The highest BCUT2D eigenvalue weighted by atomic mass is 16.3. The summed E-state index contributed by atoms with van der Waals surface area (Å²) in [5.41, 5.74) is 1.07. The van der Waals surface area contributed by atoms with Gasteiger partial charge in [-0.25, -0.2) is 0 Å². The van der Waals surface area contributed by atoms with E-state index in [4.69, 9.17) is 0 Å². The van der Waals surface area contributed by atoms with Gasteiger partial charge < -0.3 is 15.5 Å². The third-order valence-corrected chi connectivity index (χ3v) is 3.28. The molecule has 2 rings (SSSR count). The summed E-state index contributed by atoms with van der Waals surface area (Å²) in [5, 5.41) is 22.4. The summed E-state index contributed by atoms with van der Waals surface area (Å²) in [7, 11) is 0. The van der Waals surface area contributed by atoms with Gasteiger partial charge in [-0.3, -0.25) is 0 Å². The van der Waals surface area contributed by atoms with Gasteiger partial charge >= 0.3 is 0 Å². The largest absolute Gasteiger partial charge is 0.394 e. The van der Waals surface area contributed by atoms with Gasteiger partial charge in [-0.05, 0) is 24.8 Å². The number of hydrogen-bond donors (Lipinski definition) is 3. The van der Waals surface area contributed by atoms with Crippen molar-refractivity contribution in [3.05, 3.63) is 35.9 Å². The van der Waals surface area contributed by atoms with E-state index >= 15 is 0 Å². The minimum Gasteiger partial charge on any atom is -0.394 e. The molecular formula is C13H19NO2. The molecule has 0 heterocycles. The summed E-state index contributed by atoms with van der Waals surface area (Å²) in [6.45, 7) is 0.0627. The number of aliphatic hydroxyl groups excluding tert-OH is 2. The Morgan fingerprint density at radius 2 is 2.00 bits per heavy atom. The van der Waals surface area contributed by atoms with Crippen molar-refractivity contribution in [2.24, 2.45) is 0 Å². The molecule has 3 N–H and O–H groups in total. The van der Waals surface area contributed by atoms with Crippen LogP contribution in [-0.2, 0) is 0 Å². The topological polar surface area (TPSA) is 52.5 Å². The molecule has 0 spiro atoms. The Morgan fingerprint density at radius 3 is 2.56 bits per heavy atom. The zero-order valence-corrected chi connectivity index (χ0v) is 9.34. The van der Waals surface area contributed by atoms with Crippen LogP contribution in [0.2, 0.25) is 0 Å². The molecule has 0 saturated heterocycles. The van der Waals surface area contributed by atoms with E-state index in [2.05, 4.69) is 5.32 Å². The molecule has 3 atom stereocenters. The average Bonchev–Trinajstić information content (AvgIpc) is 2.73. The third-order valence-electron chi connectivity index (χ3n) is 3.28. The average molecular weight is 221 g/mol. The molecule has 1 aromatic carbocycles. The van der Waals surface area contributed by atoms with E-state index in [9.17, 15) is 10.2 Å². The smallest absolute Gasteiger partial charge is 0.0693 e. The van der Waals surface area contributed by atoms with Gasteiger partial charge in [0.25, 0.3) is 0 Å². The standard InChI is InChI=1S/C13H19NO2/c15-9-12(10-5-2-1-3-6-10)14-11-7-4-8-13(11)16/h1-3,5-6,11-16H,4,7-9H2/t11-,12?,13-/m0/s1. The van der Waals surface area contributed by atoms with E-state index in [1.807, 2.05) is 30.3 Å². The number of hydrogen-bond acceptors (Lipinski definition) is 3. The van der Waals surface area contributed by atoms with Crippen molar-refractivity contribution in [2.45, 2.75) is 37.5 Å². The highest BCUT2D eigenvalue weighted by Gasteiger charge is 2.27. The Labute approximate surface area is 96.1 Å². The number of nitrogens with one attached hydrogen (secondary N) is 1. The lowest BCUT2D eigenvalue weighted by Gasteiger charge is -2.23. The van der Waals surface area contributed by atoms with Crippen molar-refractivity contribution in [3.8, 4) is 0 Å². The lowest BCUT2D eigenvalue weighted by Crippen LogP contribution is -2.39. The van der Waals surface area contributed by atoms with Crippen molar-refractivity contribution in [3.63, 3.8) is 0 Å². The van der Waals surface area contributed by atoms with Crippen LogP contribution in [0.3, 0.4) is 0 Å². The molecule has 1 aliphatic rings. The second kappa shape index (κ2) is 5.43. The van der Waals surface area contributed by atoms with Gasteiger partial charge in [-0.2, -0.15) is 0 Å². The lowest BCUT2D eigenvalue weighted by atomic mass is 10.1. The van der Waals surface area contributed by atoms with Crippen LogP contribution in [-0.4, -0.2) is 29.0 Å². The predicted molar refractivity (Wildman–Crippen MR) is 63.1 cm³/mol. The van der Waals surface area contributed by atoms with E-state index in [0.717, 1.165) is 24.8 Å². The Kier molecular flexibility index (Phi) is 3.93. The molecule has 3 nitrogen and oxygen atoms in total. The van der Waals surface area contributed by atoms with Crippen molar-refractivity contribution in [1.29, 1.82) is 0 Å². The van der Waals surface area contributed by atoms with Crippen LogP contribution in [0.1, 0.15) is 30.9 Å². The van der Waals surface area contributed by atoms with Crippen LogP contribution in [0.5, 0.6) is 0 Å². The van der Waals surface area contributed by atoms with Gasteiger partial charge in [0.15, 0.2) is 0 Å². The Hall–Kier alpha value is -0.900. The summed E-state index contributed by atoms with van der Waals surface area (Å²) in [6.07, 6.45) is 2.65. The van der Waals surface area contributed by atoms with Crippen LogP contribution in [0.25, 0.3) is 0 Å². The molecule has 0 radical (unpaired) electrons. The molecule has 1 fully saturated rings. The molecule has 16 heavy (non-hydrogen) atoms. The van der Waals surface area contributed by atoms with Crippen molar-refractivity contribution in [2.75, 3.05) is 6.61 Å². The Morgan fingerprint density at radius 1 is 1.25 bits per heavy atom. The maximum absolute atomic E-state index is 9.74. The highest BCUT2D eigenvalue weighted by molar-refractivity contribution is 5.19. The zero-order valence-electron chi connectivity index (χ0n) is 9.34. The van der Waals surface area contributed by atoms with Crippen molar-refractivity contribution < 1.29 is 10.2 Å². The fraction of sp³-hybridized carbons (Fsp3) is 0.538. The van der Waals surface area contributed by atoms with Crippen LogP contribution in [0.4, 0.5) is 0 Å². The van der Waals surface area contributed by atoms with Crippen LogP contribution in [0.15, 0.2) is 30.3 Å². The van der Waals surface area contributed by atoms with Gasteiger partial charge in [-0.1, -0.05) is 30.3 Å². The van der Waals surface area contributed by atoms with E-state index < -0.39 is 0 Å². The number of aliphatic hydroxyl groups is 2. The van der Waals surface area contributed by atoms with Crippen LogP contribution in [0, 0.1) is 0 Å². The van der Waals surface area contributed by atoms with E-state index in [1.54, 1.807) is 0 Å². The molecule has 1 aliphatic carbocycles. The number of benzene rings is 1. The SMILES string of the molecule is OCC(N[C@H]1CCC[C@@H]1O)c1ccccc1. The first-order chi connectivity index (χ1) is 7.81. The molecular weight excluding hydrogens is 202 g/mol. The summed E-state index contributed by atoms with van der Waals surface area (Å²) in [5.74, 6) is 0. The summed E-state index contributed by atoms with van der Waals surface area (Å²) in [6, 6.07) is 9.93. The van der Waals surface area contributed by atoms with E-state index in [0.29, 0.717) is 0 Å².